The second-order valence-electron chi connectivity index (χ2n) is 6.77. The molecule has 21 heavy (non-hydrogen) atoms. The number of rotatable bonds is 1. The van der Waals surface area contributed by atoms with E-state index in [0.717, 1.165) is 12.8 Å². The van der Waals surface area contributed by atoms with Gasteiger partial charge in [-0.05, 0) is 17.5 Å². The maximum absolute atomic E-state index is 12.5. The van der Waals surface area contributed by atoms with Gasteiger partial charge in [0.05, 0.1) is 6.54 Å². The van der Waals surface area contributed by atoms with Crippen LogP contribution in [0.1, 0.15) is 36.8 Å². The molecule has 1 aliphatic heterocycles. The molecule has 2 bridgehead atoms. The van der Waals surface area contributed by atoms with Crippen molar-refractivity contribution in [1.29, 1.82) is 0 Å². The molecule has 1 N–H and O–H groups in total. The van der Waals surface area contributed by atoms with Crippen LogP contribution < -0.4 is 5.06 Å². The maximum Gasteiger partial charge on any atom is 0.134 e. The highest BCUT2D eigenvalue weighted by Crippen LogP contribution is 2.55. The van der Waals surface area contributed by atoms with Crippen LogP contribution >= 0.6 is 0 Å². The normalized spacial score (nSPS) is 41.3. The van der Waals surface area contributed by atoms with Gasteiger partial charge in [0.2, 0.25) is 0 Å². The SMILES string of the molecule is CO[C@@]12CCC(=O)C[C@@]13CC[NH+]([O-])[C@@H]2Cc1ccccc13. The minimum atomic E-state index is -0.468. The van der Waals surface area contributed by atoms with E-state index in [-0.39, 0.29) is 11.5 Å². The molecular weight excluding hydrogens is 266 g/mol. The minimum absolute atomic E-state index is 0.0840. The molecule has 4 nitrogen and oxygen atoms in total. The first-order chi connectivity index (χ1) is 10.1. The van der Waals surface area contributed by atoms with Gasteiger partial charge in [0.15, 0.2) is 0 Å². The number of hydrogen-bond donors (Lipinski definition) is 1. The first kappa shape index (κ1) is 13.4. The molecule has 4 atom stereocenters. The van der Waals surface area contributed by atoms with E-state index in [9.17, 15) is 10.0 Å². The summed E-state index contributed by atoms with van der Waals surface area (Å²) in [4.78, 5) is 12.2. The van der Waals surface area contributed by atoms with Crippen LogP contribution in [0.25, 0.3) is 0 Å². The highest BCUT2D eigenvalue weighted by atomic mass is 16.5. The molecule has 0 aromatic heterocycles. The number of ether oxygens (including phenoxy) is 1. The highest BCUT2D eigenvalue weighted by molar-refractivity contribution is 5.82. The summed E-state index contributed by atoms with van der Waals surface area (Å²) in [5, 5.41) is 12.9. The van der Waals surface area contributed by atoms with E-state index in [1.165, 1.54) is 11.1 Å². The Hall–Kier alpha value is -1.23. The zero-order chi connectivity index (χ0) is 14.7. The van der Waals surface area contributed by atoms with Gasteiger partial charge in [-0.25, -0.2) is 0 Å². The summed E-state index contributed by atoms with van der Waals surface area (Å²) in [5.74, 6) is 0.312. The fourth-order valence-electron chi connectivity index (χ4n) is 5.28. The standard InChI is InChI=1S/C17H21NO3/c1-21-17-7-6-13(19)11-16(17)8-9-18(20)15(17)10-12-4-2-3-5-14(12)16/h2-5,15,18H,6-11H2,1H3/t15-,16-,17-/m1/s1. The molecule has 1 saturated heterocycles. The van der Waals surface area contributed by atoms with E-state index in [0.29, 0.717) is 36.7 Å². The minimum Gasteiger partial charge on any atom is -0.634 e. The van der Waals surface area contributed by atoms with Crippen molar-refractivity contribution < 1.29 is 14.6 Å². The third kappa shape index (κ3) is 1.53. The summed E-state index contributed by atoms with van der Waals surface area (Å²) in [6.45, 7) is 0.581. The molecule has 1 aromatic carbocycles. The van der Waals surface area contributed by atoms with Gasteiger partial charge < -0.3 is 15.0 Å². The van der Waals surface area contributed by atoms with Crippen LogP contribution in [0.15, 0.2) is 24.3 Å². The van der Waals surface area contributed by atoms with E-state index >= 15 is 0 Å². The van der Waals surface area contributed by atoms with Gasteiger partial charge in [-0.2, -0.15) is 0 Å². The fraction of sp³-hybridized carbons (Fsp3) is 0.588. The van der Waals surface area contributed by atoms with Crippen molar-refractivity contribution in [3.8, 4) is 0 Å². The number of ketones is 1. The average Bonchev–Trinajstić information content (AvgIpc) is 2.51. The van der Waals surface area contributed by atoms with Crippen molar-refractivity contribution in [1.82, 2.24) is 0 Å². The number of Topliss-reactive ketones (excluding diaryl/α,β-unsaturated/α-hetero) is 1. The topological polar surface area (TPSA) is 53.8 Å². The number of benzene rings is 1. The molecule has 2 fully saturated rings. The van der Waals surface area contributed by atoms with E-state index in [4.69, 9.17) is 4.74 Å². The molecule has 4 rings (SSSR count). The van der Waals surface area contributed by atoms with Crippen molar-refractivity contribution in [2.24, 2.45) is 0 Å². The Morgan fingerprint density at radius 3 is 2.95 bits per heavy atom. The van der Waals surface area contributed by atoms with E-state index in [1.54, 1.807) is 7.11 Å². The molecular formula is C17H21NO3. The Kier molecular flexibility index (Phi) is 2.80. The number of piperidine rings is 1. The lowest BCUT2D eigenvalue weighted by Gasteiger charge is -2.63. The number of nitrogens with one attached hydrogen (secondary N) is 1. The summed E-state index contributed by atoms with van der Waals surface area (Å²) in [6.07, 6.45) is 3.27. The number of hydrogen-bond acceptors (Lipinski definition) is 3. The molecule has 0 spiro atoms. The maximum atomic E-state index is 12.5. The van der Waals surface area contributed by atoms with Crippen LogP contribution in [0.5, 0.6) is 0 Å². The molecule has 1 aromatic rings. The lowest BCUT2D eigenvalue weighted by Crippen LogP contribution is -3.17. The van der Waals surface area contributed by atoms with Crippen LogP contribution in [0.4, 0.5) is 0 Å². The summed E-state index contributed by atoms with van der Waals surface area (Å²) >= 11 is 0. The Bertz CT molecular complexity index is 601. The monoisotopic (exact) mass is 287 g/mol. The third-order valence-electron chi connectivity index (χ3n) is 6.16. The van der Waals surface area contributed by atoms with E-state index < -0.39 is 5.60 Å². The Labute approximate surface area is 124 Å². The predicted octanol–water partition coefficient (Wildman–Crippen LogP) is 0.774. The number of quaternary nitrogens is 1. The molecule has 1 unspecified atom stereocenters. The molecule has 0 radical (unpaired) electrons. The molecule has 0 amide bonds. The molecule has 112 valence electrons. The number of hydroxylamine groups is 2. The Morgan fingerprint density at radius 2 is 2.14 bits per heavy atom. The summed E-state index contributed by atoms with van der Waals surface area (Å²) in [7, 11) is 1.73. The second-order valence-corrected chi connectivity index (χ2v) is 6.77. The number of methoxy groups -OCH3 is 1. The largest absolute Gasteiger partial charge is 0.634 e. The van der Waals surface area contributed by atoms with Crippen molar-refractivity contribution in [2.45, 2.75) is 49.2 Å². The zero-order valence-corrected chi connectivity index (χ0v) is 12.4. The molecule has 4 heteroatoms. The van der Waals surface area contributed by atoms with Gasteiger partial charge in [0.1, 0.15) is 17.4 Å². The summed E-state index contributed by atoms with van der Waals surface area (Å²) < 4.78 is 6.04. The first-order valence-electron chi connectivity index (χ1n) is 7.81. The first-order valence-corrected chi connectivity index (χ1v) is 7.81. The lowest BCUT2D eigenvalue weighted by molar-refractivity contribution is -0.894. The van der Waals surface area contributed by atoms with E-state index in [1.807, 2.05) is 12.1 Å². The van der Waals surface area contributed by atoms with Crippen LogP contribution in [-0.4, -0.2) is 31.1 Å². The van der Waals surface area contributed by atoms with Crippen LogP contribution in [0.2, 0.25) is 0 Å². The van der Waals surface area contributed by atoms with Gasteiger partial charge in [-0.15, -0.1) is 0 Å². The number of carbonyl (C=O) groups is 1. The third-order valence-corrected chi connectivity index (χ3v) is 6.16. The van der Waals surface area contributed by atoms with E-state index in [2.05, 4.69) is 12.1 Å². The van der Waals surface area contributed by atoms with Crippen LogP contribution in [0.3, 0.4) is 0 Å². The summed E-state index contributed by atoms with van der Waals surface area (Å²) in [5.41, 5.74) is 1.73. The van der Waals surface area contributed by atoms with Gasteiger partial charge in [0, 0.05) is 38.2 Å². The quantitative estimate of drug-likeness (QED) is 0.776. The fourth-order valence-corrected chi connectivity index (χ4v) is 5.28. The average molecular weight is 287 g/mol. The predicted molar refractivity (Wildman–Crippen MR) is 78.0 cm³/mol. The zero-order valence-electron chi connectivity index (χ0n) is 12.4. The van der Waals surface area contributed by atoms with Gasteiger partial charge in [0.25, 0.3) is 0 Å². The second kappa shape index (κ2) is 4.38. The molecule has 1 heterocycles. The van der Waals surface area contributed by atoms with Crippen LogP contribution in [-0.2, 0) is 21.4 Å². The Balaban J connectivity index is 1.98. The molecule has 2 aliphatic carbocycles. The molecule has 1 saturated carbocycles. The Morgan fingerprint density at radius 1 is 1.33 bits per heavy atom. The summed E-state index contributed by atoms with van der Waals surface area (Å²) in [6, 6.07) is 8.25. The van der Waals surface area contributed by atoms with Crippen molar-refractivity contribution >= 4 is 5.78 Å². The van der Waals surface area contributed by atoms with Crippen molar-refractivity contribution in [2.75, 3.05) is 13.7 Å². The molecule has 3 aliphatic rings. The van der Waals surface area contributed by atoms with Crippen molar-refractivity contribution in [3.63, 3.8) is 0 Å². The van der Waals surface area contributed by atoms with Gasteiger partial charge in [-0.3, -0.25) is 4.79 Å². The number of fused-ring (bicyclic) bond motifs is 1. The van der Waals surface area contributed by atoms with Gasteiger partial charge in [-0.1, -0.05) is 24.3 Å². The lowest BCUT2D eigenvalue weighted by atomic mass is 9.49. The van der Waals surface area contributed by atoms with Gasteiger partial charge >= 0.3 is 0 Å². The van der Waals surface area contributed by atoms with Crippen LogP contribution in [0, 0.1) is 5.21 Å². The number of carbonyl (C=O) groups excluding carboxylic acids is 1. The highest BCUT2D eigenvalue weighted by Gasteiger charge is 2.67. The van der Waals surface area contributed by atoms with Crippen molar-refractivity contribution in [3.05, 3.63) is 40.6 Å². The smallest absolute Gasteiger partial charge is 0.134 e.